The maximum absolute atomic E-state index is 11.0. The van der Waals surface area contributed by atoms with Crippen LogP contribution in [-0.2, 0) is 15.4 Å². The summed E-state index contributed by atoms with van der Waals surface area (Å²) in [7, 11) is -3.47. The molecule has 2 rings (SSSR count). The number of nitrogens with one attached hydrogen (secondary N) is 2. The second-order valence-electron chi connectivity index (χ2n) is 5.75. The van der Waals surface area contributed by atoms with Crippen molar-refractivity contribution in [3.8, 4) is 0 Å². The third kappa shape index (κ3) is 5.47. The first-order chi connectivity index (χ1) is 10.9. The first kappa shape index (κ1) is 18.2. The number of aliphatic imine (C=N–C) groups is 1. The van der Waals surface area contributed by atoms with Gasteiger partial charge in [-0.2, -0.15) is 0 Å². The van der Waals surface area contributed by atoms with Crippen molar-refractivity contribution in [1.82, 2.24) is 10.6 Å². The molecule has 1 aromatic carbocycles. The topological polar surface area (TPSA) is 96.6 Å². The number of nitrogens with zero attached hydrogens (tertiary/aromatic N) is 1. The first-order valence-corrected chi connectivity index (χ1v) is 10.1. The first-order valence-electron chi connectivity index (χ1n) is 7.64. The van der Waals surface area contributed by atoms with Gasteiger partial charge in [0.2, 0.25) is 10.0 Å². The molecule has 128 valence electrons. The van der Waals surface area contributed by atoms with E-state index in [0.29, 0.717) is 19.0 Å². The zero-order valence-corrected chi connectivity index (χ0v) is 15.6. The van der Waals surface area contributed by atoms with Gasteiger partial charge in [0.15, 0.2) is 5.96 Å². The molecule has 0 saturated heterocycles. The van der Waals surface area contributed by atoms with Gasteiger partial charge >= 0.3 is 0 Å². The van der Waals surface area contributed by atoms with Gasteiger partial charge in [-0.3, -0.25) is 4.99 Å². The third-order valence-electron chi connectivity index (χ3n) is 3.86. The molecule has 0 spiro atoms. The molecule has 0 atom stereocenters. The Balaban J connectivity index is 2.01. The van der Waals surface area contributed by atoms with Crippen molar-refractivity contribution < 1.29 is 8.42 Å². The summed E-state index contributed by atoms with van der Waals surface area (Å²) < 4.78 is 23.1. The van der Waals surface area contributed by atoms with Crippen molar-refractivity contribution >= 4 is 31.9 Å². The van der Waals surface area contributed by atoms with E-state index >= 15 is 0 Å². The van der Waals surface area contributed by atoms with Crippen LogP contribution >= 0.6 is 15.9 Å². The minimum absolute atomic E-state index is 0.0857. The molecule has 1 fully saturated rings. The predicted octanol–water partition coefficient (Wildman–Crippen LogP) is 1.32. The van der Waals surface area contributed by atoms with Crippen LogP contribution in [0.5, 0.6) is 0 Å². The molecule has 0 amide bonds. The van der Waals surface area contributed by atoms with E-state index in [2.05, 4.69) is 43.7 Å². The Bertz CT molecular complexity index is 672. The number of hydrogen-bond donors (Lipinski definition) is 3. The maximum Gasteiger partial charge on any atom is 0.210 e. The van der Waals surface area contributed by atoms with E-state index in [4.69, 9.17) is 5.14 Å². The van der Waals surface area contributed by atoms with E-state index in [-0.39, 0.29) is 17.7 Å². The zero-order chi connectivity index (χ0) is 16.9. The van der Waals surface area contributed by atoms with Gasteiger partial charge in [-0.25, -0.2) is 13.6 Å². The van der Waals surface area contributed by atoms with Crippen molar-refractivity contribution in [2.45, 2.75) is 25.2 Å². The van der Waals surface area contributed by atoms with Crippen LogP contribution in [0.4, 0.5) is 0 Å². The molecule has 4 N–H and O–H groups in total. The Labute approximate surface area is 146 Å². The quantitative estimate of drug-likeness (QED) is 0.473. The second kappa shape index (κ2) is 7.63. The van der Waals surface area contributed by atoms with Gasteiger partial charge in [-0.05, 0) is 31.4 Å². The summed E-state index contributed by atoms with van der Waals surface area (Å²) in [6, 6.07) is 8.23. The molecule has 8 heteroatoms. The summed E-state index contributed by atoms with van der Waals surface area (Å²) in [5.41, 5.74) is 1.37. The Morgan fingerprint density at radius 3 is 2.61 bits per heavy atom. The van der Waals surface area contributed by atoms with Gasteiger partial charge < -0.3 is 10.6 Å². The highest BCUT2D eigenvalue weighted by atomic mass is 79.9. The van der Waals surface area contributed by atoms with E-state index < -0.39 is 10.0 Å². The van der Waals surface area contributed by atoms with E-state index in [0.717, 1.165) is 17.3 Å². The third-order valence-corrected chi connectivity index (χ3v) is 5.33. The monoisotopic (exact) mass is 402 g/mol. The van der Waals surface area contributed by atoms with Crippen molar-refractivity contribution in [1.29, 1.82) is 0 Å². The summed E-state index contributed by atoms with van der Waals surface area (Å²) in [5.74, 6) is 0.502. The summed E-state index contributed by atoms with van der Waals surface area (Å²) in [6.45, 7) is 3.59. The van der Waals surface area contributed by atoms with Gasteiger partial charge in [-0.1, -0.05) is 34.1 Å². The number of primary sulfonamides is 1. The fraction of sp³-hybridized carbons (Fsp3) is 0.533. The Morgan fingerprint density at radius 1 is 1.35 bits per heavy atom. The molecule has 0 bridgehead atoms. The van der Waals surface area contributed by atoms with Crippen LogP contribution in [0, 0.1) is 0 Å². The molecule has 1 saturated carbocycles. The lowest BCUT2D eigenvalue weighted by atomic mass is 9.96. The summed E-state index contributed by atoms with van der Waals surface area (Å²) in [4.78, 5) is 4.62. The fourth-order valence-corrected chi connectivity index (χ4v) is 3.53. The average Bonchev–Trinajstić information content (AvgIpc) is 3.25. The average molecular weight is 403 g/mol. The molecule has 1 aliphatic carbocycles. The molecule has 6 nitrogen and oxygen atoms in total. The highest BCUT2D eigenvalue weighted by Gasteiger charge is 2.45. The smallest absolute Gasteiger partial charge is 0.210 e. The Hall–Kier alpha value is -1.12. The summed E-state index contributed by atoms with van der Waals surface area (Å²) in [5, 5.41) is 11.1. The standard InChI is InChI=1S/C15H23BrN4O2S/c1-2-18-14(19-9-10-23(17,21)22)20-11-15(7-8-15)12-5-3-4-6-13(12)16/h3-6H,2,7-11H2,1H3,(H2,17,21,22)(H2,18,19,20). The Kier molecular flexibility index (Phi) is 6.05. The van der Waals surface area contributed by atoms with E-state index in [1.165, 1.54) is 5.56 Å². The molecular formula is C15H23BrN4O2S. The van der Waals surface area contributed by atoms with Gasteiger partial charge in [0, 0.05) is 23.0 Å². The Morgan fingerprint density at radius 2 is 2.04 bits per heavy atom. The van der Waals surface area contributed by atoms with Crippen LogP contribution in [0.1, 0.15) is 25.3 Å². The van der Waals surface area contributed by atoms with Crippen LogP contribution in [0.2, 0.25) is 0 Å². The molecule has 1 aromatic rings. The molecule has 0 unspecified atom stereocenters. The van der Waals surface area contributed by atoms with Crippen LogP contribution in [0.3, 0.4) is 0 Å². The summed E-state index contributed by atoms with van der Waals surface area (Å²) >= 11 is 3.61. The minimum Gasteiger partial charge on any atom is -0.357 e. The normalized spacial score (nSPS) is 16.9. The largest absolute Gasteiger partial charge is 0.357 e. The van der Waals surface area contributed by atoms with Crippen LogP contribution < -0.4 is 15.8 Å². The minimum atomic E-state index is -3.47. The number of hydrogen-bond acceptors (Lipinski definition) is 3. The molecule has 0 aromatic heterocycles. The number of nitrogens with two attached hydrogens (primary N) is 1. The SMILES string of the molecule is CCNC(=NCC1(c2ccccc2Br)CC1)NCCS(N)(=O)=O. The zero-order valence-electron chi connectivity index (χ0n) is 13.2. The lowest BCUT2D eigenvalue weighted by Gasteiger charge is -2.17. The predicted molar refractivity (Wildman–Crippen MR) is 97.0 cm³/mol. The van der Waals surface area contributed by atoms with Gasteiger partial charge in [-0.15, -0.1) is 0 Å². The summed E-state index contributed by atoms with van der Waals surface area (Å²) in [6.07, 6.45) is 2.21. The number of benzene rings is 1. The molecule has 0 radical (unpaired) electrons. The number of sulfonamides is 1. The highest BCUT2D eigenvalue weighted by Crippen LogP contribution is 2.50. The number of guanidine groups is 1. The molecular weight excluding hydrogens is 380 g/mol. The van der Waals surface area contributed by atoms with E-state index in [1.807, 2.05) is 19.1 Å². The van der Waals surface area contributed by atoms with Crippen molar-refractivity contribution in [2.75, 3.05) is 25.4 Å². The number of halogens is 1. The molecule has 0 aliphatic heterocycles. The van der Waals surface area contributed by atoms with E-state index in [1.54, 1.807) is 0 Å². The van der Waals surface area contributed by atoms with Crippen LogP contribution in [0.15, 0.2) is 33.7 Å². The second-order valence-corrected chi connectivity index (χ2v) is 8.34. The van der Waals surface area contributed by atoms with Crippen molar-refractivity contribution in [2.24, 2.45) is 10.1 Å². The number of rotatable bonds is 7. The van der Waals surface area contributed by atoms with Crippen LogP contribution in [0.25, 0.3) is 0 Å². The maximum atomic E-state index is 11.0. The van der Waals surface area contributed by atoms with Gasteiger partial charge in [0.05, 0.1) is 12.3 Å². The molecule has 1 aliphatic rings. The van der Waals surface area contributed by atoms with Crippen molar-refractivity contribution in [3.63, 3.8) is 0 Å². The fourth-order valence-electron chi connectivity index (χ4n) is 2.44. The lowest BCUT2D eigenvalue weighted by molar-refractivity contribution is 0.596. The van der Waals surface area contributed by atoms with Crippen LogP contribution in [-0.4, -0.2) is 39.8 Å². The highest BCUT2D eigenvalue weighted by molar-refractivity contribution is 9.10. The van der Waals surface area contributed by atoms with Gasteiger partial charge in [0.25, 0.3) is 0 Å². The molecule has 23 heavy (non-hydrogen) atoms. The lowest BCUT2D eigenvalue weighted by Crippen LogP contribution is -2.40. The van der Waals surface area contributed by atoms with Crippen molar-refractivity contribution in [3.05, 3.63) is 34.3 Å². The van der Waals surface area contributed by atoms with E-state index in [9.17, 15) is 8.42 Å². The molecule has 0 heterocycles. The van der Waals surface area contributed by atoms with Gasteiger partial charge in [0.1, 0.15) is 0 Å².